The summed E-state index contributed by atoms with van der Waals surface area (Å²) in [5.74, 6) is -3.84. The minimum Gasteiger partial charge on any atom is -0.369 e. The van der Waals surface area contributed by atoms with Crippen molar-refractivity contribution < 1.29 is 36.0 Å². The minimum absolute atomic E-state index is 0.0388. The number of hydrogen-bond acceptors (Lipinski definition) is 10. The van der Waals surface area contributed by atoms with Crippen molar-refractivity contribution in [1.82, 2.24) is 19.2 Å². The van der Waals surface area contributed by atoms with E-state index in [4.69, 9.17) is 17.2 Å². The Morgan fingerprint density at radius 2 is 1.21 bits per heavy atom. The number of primary amides is 1. The average Bonchev–Trinajstić information content (AvgIpc) is 3.28. The van der Waals surface area contributed by atoms with Crippen molar-refractivity contribution in [2.24, 2.45) is 29.0 Å². The molecule has 0 unspecified atom stereocenters. The fraction of sp³-hybridized carbons (Fsp3) is 0.429. The fourth-order valence-corrected chi connectivity index (χ4v) is 10.6. The number of amides is 3. The van der Waals surface area contributed by atoms with E-state index in [1.807, 2.05) is 105 Å². The number of rotatable bonds is 30. The lowest BCUT2D eigenvalue weighted by atomic mass is 9.90. The van der Waals surface area contributed by atoms with E-state index < -0.39 is 80.4 Å². The molecule has 4 aromatic carbocycles. The second kappa shape index (κ2) is 26.7. The van der Waals surface area contributed by atoms with Gasteiger partial charge in [-0.1, -0.05) is 116 Å². The number of ketones is 1. The summed E-state index contributed by atoms with van der Waals surface area (Å²) in [6.45, 7) is 2.05. The van der Waals surface area contributed by atoms with Crippen molar-refractivity contribution in [2.45, 2.75) is 82.2 Å². The number of carbonyl (C=O) groups excluding carboxylic acids is 4. The van der Waals surface area contributed by atoms with Gasteiger partial charge in [-0.15, -0.1) is 0 Å². The Morgan fingerprint density at radius 3 is 1.74 bits per heavy atom. The molecule has 4 atom stereocenters. The number of nitrogens with zero attached hydrogens (tertiary/aromatic N) is 2. The lowest BCUT2D eigenvalue weighted by Gasteiger charge is -2.30. The molecule has 8 N–H and O–H groups in total. The van der Waals surface area contributed by atoms with Crippen molar-refractivity contribution in [3.63, 3.8) is 0 Å². The zero-order valence-corrected chi connectivity index (χ0v) is 39.7. The summed E-state index contributed by atoms with van der Waals surface area (Å²) in [6.07, 6.45) is 2.49. The van der Waals surface area contributed by atoms with Crippen molar-refractivity contribution in [1.29, 1.82) is 0 Å². The van der Waals surface area contributed by atoms with Gasteiger partial charge in [0.1, 0.15) is 0 Å². The quantitative estimate of drug-likeness (QED) is 0.0477. The number of hydrogen-bond donors (Lipinski definition) is 5. The first kappa shape index (κ1) is 53.3. The molecule has 66 heavy (non-hydrogen) atoms. The van der Waals surface area contributed by atoms with Crippen molar-refractivity contribution >= 4 is 43.6 Å². The van der Waals surface area contributed by atoms with Gasteiger partial charge >= 0.3 is 0 Å². The van der Waals surface area contributed by atoms with Gasteiger partial charge in [-0.3, -0.25) is 19.2 Å². The molecule has 3 amide bonds. The second-order valence-corrected chi connectivity index (χ2v) is 20.8. The Morgan fingerprint density at radius 1 is 0.652 bits per heavy atom. The van der Waals surface area contributed by atoms with Crippen LogP contribution in [-0.2, 0) is 58.5 Å². The van der Waals surface area contributed by atoms with Crippen LogP contribution in [0.2, 0.25) is 0 Å². The van der Waals surface area contributed by atoms with Gasteiger partial charge < -0.3 is 27.8 Å². The summed E-state index contributed by atoms with van der Waals surface area (Å²) in [6, 6.07) is 32.4. The maximum absolute atomic E-state index is 14.4. The smallest absolute Gasteiger partial charge is 0.243 e. The van der Waals surface area contributed by atoms with Gasteiger partial charge in [0.05, 0.1) is 29.8 Å². The maximum Gasteiger partial charge on any atom is 0.243 e. The molecule has 0 aromatic heterocycles. The van der Waals surface area contributed by atoms with Crippen LogP contribution in [0.15, 0.2) is 120 Å². The zero-order chi connectivity index (χ0) is 48.1. The molecular formula is C49H67N7O8S2. The molecule has 0 heterocycles. The Kier molecular flexibility index (Phi) is 21.6. The highest BCUT2D eigenvalue weighted by Crippen LogP contribution is 2.23. The molecule has 4 rings (SSSR count). The predicted molar refractivity (Wildman–Crippen MR) is 258 cm³/mol. The van der Waals surface area contributed by atoms with E-state index in [0.29, 0.717) is 32.2 Å². The van der Waals surface area contributed by atoms with Crippen molar-refractivity contribution in [3.05, 3.63) is 138 Å². The molecule has 0 spiro atoms. The van der Waals surface area contributed by atoms with Crippen LogP contribution < -0.4 is 27.8 Å². The van der Waals surface area contributed by atoms with Crippen LogP contribution in [0.3, 0.4) is 0 Å². The molecule has 0 aliphatic heterocycles. The predicted octanol–water partition coefficient (Wildman–Crippen LogP) is 3.49. The third-order valence-corrected chi connectivity index (χ3v) is 15.0. The van der Waals surface area contributed by atoms with Gasteiger partial charge in [0.2, 0.25) is 37.8 Å². The maximum atomic E-state index is 14.4. The summed E-state index contributed by atoms with van der Waals surface area (Å²) in [7, 11) is -8.41. The number of aryl methyl sites for hydroxylation is 1. The van der Waals surface area contributed by atoms with Crippen LogP contribution in [-0.4, -0.2) is 106 Å². The molecule has 358 valence electrons. The van der Waals surface area contributed by atoms with Gasteiger partial charge in [-0.2, -0.15) is 8.61 Å². The van der Waals surface area contributed by atoms with E-state index in [1.165, 1.54) is 12.1 Å². The fourth-order valence-electron chi connectivity index (χ4n) is 7.85. The van der Waals surface area contributed by atoms with E-state index in [9.17, 15) is 36.0 Å². The van der Waals surface area contributed by atoms with E-state index >= 15 is 0 Å². The normalized spacial score (nSPS) is 13.7. The van der Waals surface area contributed by atoms with Gasteiger partial charge in [0.15, 0.2) is 5.78 Å². The van der Waals surface area contributed by atoms with E-state index in [-0.39, 0.29) is 56.1 Å². The van der Waals surface area contributed by atoms with Crippen LogP contribution in [0, 0.1) is 18.8 Å². The van der Waals surface area contributed by atoms with Crippen LogP contribution >= 0.6 is 0 Å². The summed E-state index contributed by atoms with van der Waals surface area (Å²) < 4.78 is 57.7. The Bertz CT molecular complexity index is 2360. The highest BCUT2D eigenvalue weighted by molar-refractivity contribution is 7.89. The molecule has 0 saturated carbocycles. The van der Waals surface area contributed by atoms with Gasteiger partial charge in [-0.25, -0.2) is 16.8 Å². The number of nitrogens with one attached hydrogen (secondary N) is 2. The highest BCUT2D eigenvalue weighted by atomic mass is 32.2. The molecule has 4 aromatic rings. The van der Waals surface area contributed by atoms with Gasteiger partial charge in [0.25, 0.3) is 0 Å². The lowest BCUT2D eigenvalue weighted by molar-refractivity contribution is -0.128. The van der Waals surface area contributed by atoms with E-state index in [0.717, 1.165) is 30.9 Å². The number of nitrogens with two attached hydrogens (primary N) is 3. The monoisotopic (exact) mass is 945 g/mol. The molecule has 0 bridgehead atoms. The first-order valence-electron chi connectivity index (χ1n) is 22.5. The highest BCUT2D eigenvalue weighted by Gasteiger charge is 2.34. The molecule has 0 fully saturated rings. The SMILES string of the molecule is CC[C@@H](Cc1ccccc1)C(=O)N[C@@H](Cc1ccccc1)CN(CC(=O)N[C@@H](CCCCN)C(=O)C[C@@H](Cc1ccccc1)CN(CC(N)=O)S(=O)(=O)c1ccc(C)cc1)S(=O)(=O)CCN. The van der Waals surface area contributed by atoms with Crippen molar-refractivity contribution in [3.8, 4) is 0 Å². The number of Topliss-reactive ketones (excluding diaryl/α,β-unsaturated/α-hetero) is 1. The first-order chi connectivity index (χ1) is 31.5. The first-order valence-corrected chi connectivity index (χ1v) is 25.6. The number of unbranched alkanes of at least 4 members (excludes halogenated alkanes) is 1. The molecule has 17 heteroatoms. The average molecular weight is 946 g/mol. The van der Waals surface area contributed by atoms with E-state index in [1.54, 1.807) is 12.1 Å². The Balaban J connectivity index is 1.62. The molecule has 0 radical (unpaired) electrons. The third-order valence-electron chi connectivity index (χ3n) is 11.4. The Labute approximate surface area is 391 Å². The third kappa shape index (κ3) is 17.5. The van der Waals surface area contributed by atoms with Crippen LogP contribution in [0.1, 0.15) is 61.3 Å². The van der Waals surface area contributed by atoms with Gasteiger partial charge in [0, 0.05) is 38.0 Å². The van der Waals surface area contributed by atoms with Crippen LogP contribution in [0.25, 0.3) is 0 Å². The second-order valence-electron chi connectivity index (χ2n) is 16.8. The molecule has 15 nitrogen and oxygen atoms in total. The largest absolute Gasteiger partial charge is 0.369 e. The number of carbonyl (C=O) groups is 4. The molecule has 0 saturated heterocycles. The van der Waals surface area contributed by atoms with Crippen LogP contribution in [0.5, 0.6) is 0 Å². The standard InChI is InChI=1S/C49H67N7O8S2/c1-3-42(30-39-17-9-5-10-18-39)49(60)53-43(31-40-19-11-6-12-20-40)34-55(65(61,62)28-27-51)36-48(59)54-45(21-13-14-26-50)46(57)32-41(29-38-15-7-4-8-16-38)33-56(35-47(52)58)66(63,64)44-24-22-37(2)23-25-44/h4-12,15-20,22-25,41-43,45H,3,13-14,21,26-36,50-51H2,1-2H3,(H2,52,58)(H,53,60)(H,54,59)/t41-,42+,43+,45+/m1/s1. The Hall–Kier alpha value is -5.30. The lowest BCUT2D eigenvalue weighted by Crippen LogP contribution is -2.53. The topological polar surface area (TPSA) is 245 Å². The summed E-state index contributed by atoms with van der Waals surface area (Å²) in [5.41, 5.74) is 20.6. The summed E-state index contributed by atoms with van der Waals surface area (Å²) >= 11 is 0. The summed E-state index contributed by atoms with van der Waals surface area (Å²) in [4.78, 5) is 54.7. The number of sulfonamides is 2. The van der Waals surface area contributed by atoms with Gasteiger partial charge in [-0.05, 0) is 93.2 Å². The summed E-state index contributed by atoms with van der Waals surface area (Å²) in [5, 5.41) is 5.89. The molecular weight excluding hydrogens is 879 g/mol. The number of benzene rings is 4. The molecule has 0 aliphatic rings. The zero-order valence-electron chi connectivity index (χ0n) is 38.1. The van der Waals surface area contributed by atoms with E-state index in [2.05, 4.69) is 10.6 Å². The molecule has 0 aliphatic carbocycles. The minimum atomic E-state index is -4.24. The van der Waals surface area contributed by atoms with Crippen LogP contribution in [0.4, 0.5) is 0 Å². The van der Waals surface area contributed by atoms with Crippen molar-refractivity contribution in [2.75, 3.05) is 45.0 Å².